The Morgan fingerprint density at radius 3 is 2.54 bits per heavy atom. The van der Waals surface area contributed by atoms with Gasteiger partial charge in [0, 0.05) is 0 Å². The van der Waals surface area contributed by atoms with Crippen molar-refractivity contribution >= 4 is 6.16 Å². The van der Waals surface area contributed by atoms with Crippen LogP contribution < -0.4 is 0 Å². The second kappa shape index (κ2) is 3.13. The predicted molar refractivity (Wildman–Crippen MR) is 38.0 cm³/mol. The second-order valence-corrected chi connectivity index (χ2v) is 3.07. The summed E-state index contributed by atoms with van der Waals surface area (Å²) in [4.78, 5) is 10.6. The summed E-state index contributed by atoms with van der Waals surface area (Å²) >= 11 is 0. The molecule has 4 unspecified atom stereocenters. The first-order valence-electron chi connectivity index (χ1n) is 3.99. The van der Waals surface area contributed by atoms with Crippen molar-refractivity contribution in [3.05, 3.63) is 0 Å². The lowest BCUT2D eigenvalue weighted by atomic mass is 10.1. The van der Waals surface area contributed by atoms with Crippen LogP contribution in [0, 0.1) is 0 Å². The summed E-state index contributed by atoms with van der Waals surface area (Å²) in [5.41, 5.74) is 0. The molecule has 2 fully saturated rings. The summed E-state index contributed by atoms with van der Waals surface area (Å²) in [6.07, 6.45) is -3.98. The van der Waals surface area contributed by atoms with Gasteiger partial charge < -0.3 is 24.4 Å². The van der Waals surface area contributed by atoms with Gasteiger partial charge >= 0.3 is 6.16 Å². The summed E-state index contributed by atoms with van der Waals surface area (Å²) in [5, 5.41) is 18.5. The topological polar surface area (TPSA) is 85.2 Å². The Morgan fingerprint density at radius 1 is 1.31 bits per heavy atom. The van der Waals surface area contributed by atoms with Crippen molar-refractivity contribution in [3.8, 4) is 0 Å². The molecule has 0 aromatic heterocycles. The van der Waals surface area contributed by atoms with Crippen molar-refractivity contribution in [2.45, 2.75) is 24.4 Å². The van der Waals surface area contributed by atoms with Crippen LogP contribution in [0.15, 0.2) is 0 Å². The third-order valence-corrected chi connectivity index (χ3v) is 2.17. The Labute approximate surface area is 74.0 Å². The van der Waals surface area contributed by atoms with E-state index in [1.807, 2.05) is 0 Å². The van der Waals surface area contributed by atoms with E-state index in [9.17, 15) is 9.90 Å². The normalized spacial score (nSPS) is 44.6. The molecular weight excluding hydrogens is 180 g/mol. The number of rotatable bonds is 1. The van der Waals surface area contributed by atoms with Gasteiger partial charge in [0.1, 0.15) is 24.9 Å². The molecule has 0 spiro atoms. The number of aliphatic hydroxyl groups is 2. The fraction of sp³-hybridized carbons (Fsp3) is 0.857. The molecule has 2 saturated heterocycles. The number of hydrogen-bond acceptors (Lipinski definition) is 6. The zero-order valence-corrected chi connectivity index (χ0v) is 6.75. The summed E-state index contributed by atoms with van der Waals surface area (Å²) in [6.45, 7) is 0.118. The van der Waals surface area contributed by atoms with Crippen LogP contribution >= 0.6 is 0 Å². The molecule has 74 valence electrons. The van der Waals surface area contributed by atoms with E-state index >= 15 is 0 Å². The van der Waals surface area contributed by atoms with Gasteiger partial charge in [-0.05, 0) is 0 Å². The van der Waals surface area contributed by atoms with E-state index < -0.39 is 30.6 Å². The number of cyclic esters (lactones) is 2. The molecule has 4 atom stereocenters. The monoisotopic (exact) mass is 190 g/mol. The summed E-state index contributed by atoms with van der Waals surface area (Å²) in [6, 6.07) is 0. The predicted octanol–water partition coefficient (Wildman–Crippen LogP) is -1.36. The third kappa shape index (κ3) is 1.48. The Bertz CT molecular complexity index is 217. The first kappa shape index (κ1) is 8.74. The fourth-order valence-corrected chi connectivity index (χ4v) is 1.46. The largest absolute Gasteiger partial charge is 0.508 e. The van der Waals surface area contributed by atoms with E-state index in [2.05, 4.69) is 4.74 Å². The van der Waals surface area contributed by atoms with E-state index in [0.717, 1.165) is 0 Å². The Hall–Kier alpha value is -0.850. The highest BCUT2D eigenvalue weighted by molar-refractivity contribution is 5.62. The maximum Gasteiger partial charge on any atom is 0.508 e. The Kier molecular flexibility index (Phi) is 2.10. The highest BCUT2D eigenvalue weighted by Gasteiger charge is 2.44. The van der Waals surface area contributed by atoms with Crippen molar-refractivity contribution in [1.29, 1.82) is 0 Å². The van der Waals surface area contributed by atoms with Crippen molar-refractivity contribution in [2.24, 2.45) is 0 Å². The van der Waals surface area contributed by atoms with Crippen LogP contribution in [0.1, 0.15) is 0 Å². The zero-order valence-electron chi connectivity index (χ0n) is 6.75. The Balaban J connectivity index is 1.98. The van der Waals surface area contributed by atoms with E-state index in [1.165, 1.54) is 0 Å². The third-order valence-electron chi connectivity index (χ3n) is 2.17. The van der Waals surface area contributed by atoms with Crippen LogP contribution in [-0.2, 0) is 14.2 Å². The van der Waals surface area contributed by atoms with Crippen LogP contribution in [-0.4, -0.2) is 54.0 Å². The van der Waals surface area contributed by atoms with Crippen LogP contribution in [0.4, 0.5) is 4.79 Å². The van der Waals surface area contributed by atoms with Crippen molar-refractivity contribution in [2.75, 3.05) is 13.2 Å². The molecule has 0 amide bonds. The number of hydrogen-bond donors (Lipinski definition) is 2. The number of ether oxygens (including phenoxy) is 3. The molecule has 0 aliphatic carbocycles. The van der Waals surface area contributed by atoms with Gasteiger partial charge in [-0.25, -0.2) is 4.79 Å². The van der Waals surface area contributed by atoms with Crippen molar-refractivity contribution < 1.29 is 29.2 Å². The van der Waals surface area contributed by atoms with E-state index in [-0.39, 0.29) is 13.2 Å². The fourth-order valence-electron chi connectivity index (χ4n) is 1.46. The maximum absolute atomic E-state index is 10.6. The highest BCUT2D eigenvalue weighted by atomic mass is 16.8. The second-order valence-electron chi connectivity index (χ2n) is 3.07. The first-order valence-corrected chi connectivity index (χ1v) is 3.99. The lowest BCUT2D eigenvalue weighted by Crippen LogP contribution is -2.39. The first-order chi connectivity index (χ1) is 6.18. The van der Waals surface area contributed by atoms with Gasteiger partial charge in [0.15, 0.2) is 6.10 Å². The van der Waals surface area contributed by atoms with Crippen LogP contribution in [0.25, 0.3) is 0 Å². The van der Waals surface area contributed by atoms with E-state index in [1.54, 1.807) is 0 Å². The molecule has 2 aliphatic heterocycles. The van der Waals surface area contributed by atoms with E-state index in [4.69, 9.17) is 14.6 Å². The molecule has 13 heavy (non-hydrogen) atoms. The molecule has 0 aromatic rings. The lowest BCUT2D eigenvalue weighted by molar-refractivity contribution is -0.0394. The highest BCUT2D eigenvalue weighted by Crippen LogP contribution is 2.22. The minimum absolute atomic E-state index is 0.0554. The number of carbonyl (C=O) groups is 1. The minimum Gasteiger partial charge on any atom is -0.430 e. The van der Waals surface area contributed by atoms with Crippen LogP contribution in [0.2, 0.25) is 0 Å². The SMILES string of the molecule is O=C1OCC(C2OCC(O)C2O)O1. The van der Waals surface area contributed by atoms with Crippen LogP contribution in [0.3, 0.4) is 0 Å². The summed E-state index contributed by atoms with van der Waals surface area (Å²) < 4.78 is 14.3. The minimum atomic E-state index is -1.01. The maximum atomic E-state index is 10.6. The van der Waals surface area contributed by atoms with Crippen LogP contribution in [0.5, 0.6) is 0 Å². The number of aliphatic hydroxyl groups excluding tert-OH is 2. The molecule has 6 heteroatoms. The molecule has 0 saturated carbocycles. The number of carbonyl (C=O) groups excluding carboxylic acids is 1. The van der Waals surface area contributed by atoms with Gasteiger partial charge in [-0.15, -0.1) is 0 Å². The summed E-state index contributed by atoms with van der Waals surface area (Å²) in [5.74, 6) is 0. The average molecular weight is 190 g/mol. The average Bonchev–Trinajstić information content (AvgIpc) is 2.62. The van der Waals surface area contributed by atoms with Gasteiger partial charge in [-0.2, -0.15) is 0 Å². The molecule has 0 radical (unpaired) electrons. The van der Waals surface area contributed by atoms with Gasteiger partial charge in [-0.1, -0.05) is 0 Å². The van der Waals surface area contributed by atoms with Gasteiger partial charge in [0.2, 0.25) is 0 Å². The van der Waals surface area contributed by atoms with Crippen molar-refractivity contribution in [3.63, 3.8) is 0 Å². The van der Waals surface area contributed by atoms with Crippen molar-refractivity contribution in [1.82, 2.24) is 0 Å². The Morgan fingerprint density at radius 2 is 2.08 bits per heavy atom. The molecule has 2 aliphatic rings. The standard InChI is InChI=1S/C7H10O6/c8-3-1-11-6(5(3)9)4-2-12-7(10)13-4/h3-6,8-9H,1-2H2. The zero-order chi connectivity index (χ0) is 9.42. The van der Waals surface area contributed by atoms with Gasteiger partial charge in [-0.3, -0.25) is 0 Å². The molecular formula is C7H10O6. The smallest absolute Gasteiger partial charge is 0.430 e. The molecule has 6 nitrogen and oxygen atoms in total. The van der Waals surface area contributed by atoms with Gasteiger partial charge in [0.25, 0.3) is 0 Å². The quantitative estimate of drug-likeness (QED) is 0.497. The van der Waals surface area contributed by atoms with E-state index in [0.29, 0.717) is 0 Å². The molecule has 0 bridgehead atoms. The van der Waals surface area contributed by atoms with Gasteiger partial charge in [0.05, 0.1) is 6.61 Å². The molecule has 2 N–H and O–H groups in total. The molecule has 2 heterocycles. The summed E-state index contributed by atoms with van der Waals surface area (Å²) in [7, 11) is 0. The lowest BCUT2D eigenvalue weighted by Gasteiger charge is -2.17. The molecule has 2 rings (SSSR count). The molecule has 0 aromatic carbocycles.